The molecule has 5 N–H and O–H groups in total. The van der Waals surface area contributed by atoms with Gasteiger partial charge in [0.15, 0.2) is 0 Å². The number of ether oxygens (including phenoxy) is 1. The van der Waals surface area contributed by atoms with Gasteiger partial charge in [-0.25, -0.2) is 0 Å². The smallest absolute Gasteiger partial charge is 0.220 e. The minimum Gasteiger partial charge on any atom is -0.394 e. The van der Waals surface area contributed by atoms with Crippen LogP contribution in [0.25, 0.3) is 0 Å². The van der Waals surface area contributed by atoms with Crippen molar-refractivity contribution in [3.8, 4) is 0 Å². The summed E-state index contributed by atoms with van der Waals surface area (Å²) in [5.74, 6) is 0.228. The third-order valence-electron chi connectivity index (χ3n) is 4.88. The van der Waals surface area contributed by atoms with Crippen LogP contribution in [0.1, 0.15) is 57.8 Å². The number of nitrogens with one attached hydrogen (secondary N) is 2. The minimum atomic E-state index is 0.121. The molecule has 148 valence electrons. The van der Waals surface area contributed by atoms with E-state index in [4.69, 9.17) is 9.84 Å². The third kappa shape index (κ3) is 14.2. The van der Waals surface area contributed by atoms with Crippen molar-refractivity contribution in [1.82, 2.24) is 5.32 Å². The molecule has 1 fully saturated rings. The minimum absolute atomic E-state index is 0.121. The van der Waals surface area contributed by atoms with Crippen molar-refractivity contribution in [3.63, 3.8) is 0 Å². The maximum absolute atomic E-state index is 11.8. The fourth-order valence-electron chi connectivity index (χ4n) is 3.32. The summed E-state index contributed by atoms with van der Waals surface area (Å²) in [6.07, 6.45) is 10.2. The Morgan fingerprint density at radius 3 is 2.28 bits per heavy atom. The SMILES string of the molecule is O=C(CCCCCCCCCCOCCO)NCC[NH+]1CC[NH2+]CC1. The molecule has 1 aliphatic rings. The molecule has 0 saturated carbocycles. The summed E-state index contributed by atoms with van der Waals surface area (Å²) in [4.78, 5) is 13.4. The van der Waals surface area contributed by atoms with E-state index in [-0.39, 0.29) is 12.5 Å². The molecule has 0 radical (unpaired) electrons. The molecule has 0 aromatic carbocycles. The van der Waals surface area contributed by atoms with E-state index in [2.05, 4.69) is 10.6 Å². The molecule has 25 heavy (non-hydrogen) atoms. The lowest BCUT2D eigenvalue weighted by Crippen LogP contribution is -3.20. The third-order valence-corrected chi connectivity index (χ3v) is 4.88. The second-order valence-corrected chi connectivity index (χ2v) is 7.13. The molecule has 6 nitrogen and oxygen atoms in total. The molecule has 0 aromatic heterocycles. The summed E-state index contributed by atoms with van der Waals surface area (Å²) in [7, 11) is 0. The van der Waals surface area contributed by atoms with Crippen molar-refractivity contribution in [2.75, 3.05) is 59.1 Å². The maximum atomic E-state index is 11.8. The van der Waals surface area contributed by atoms with E-state index in [1.165, 1.54) is 64.7 Å². The Balaban J connectivity index is 1.76. The average Bonchev–Trinajstić information content (AvgIpc) is 2.63. The zero-order chi connectivity index (χ0) is 18.0. The number of aliphatic hydroxyl groups is 1. The van der Waals surface area contributed by atoms with Crippen LogP contribution in [-0.2, 0) is 9.53 Å². The zero-order valence-corrected chi connectivity index (χ0v) is 16.1. The van der Waals surface area contributed by atoms with Gasteiger partial charge in [-0.1, -0.05) is 38.5 Å². The summed E-state index contributed by atoms with van der Waals surface area (Å²) in [5, 5.41) is 14.0. The van der Waals surface area contributed by atoms with Crippen molar-refractivity contribution in [1.29, 1.82) is 0 Å². The number of carbonyl (C=O) groups is 1. The Labute approximate surface area is 153 Å². The molecule has 0 aliphatic carbocycles. The number of carbonyl (C=O) groups excluding carboxylic acids is 1. The normalized spacial score (nSPS) is 15.4. The molecule has 0 spiro atoms. The van der Waals surface area contributed by atoms with E-state index < -0.39 is 0 Å². The number of nitrogens with two attached hydrogens (primary N) is 1. The number of unbranched alkanes of at least 4 members (excludes halogenated alkanes) is 7. The van der Waals surface area contributed by atoms with Crippen LogP contribution >= 0.6 is 0 Å². The van der Waals surface area contributed by atoms with Gasteiger partial charge in [0.2, 0.25) is 5.91 Å². The molecule has 1 saturated heterocycles. The van der Waals surface area contributed by atoms with Crippen LogP contribution in [0.4, 0.5) is 0 Å². The first-order chi connectivity index (χ1) is 12.3. The molecule has 0 atom stereocenters. The predicted octanol–water partition coefficient (Wildman–Crippen LogP) is -0.916. The molecule has 1 rings (SSSR count). The van der Waals surface area contributed by atoms with Gasteiger partial charge in [-0.15, -0.1) is 0 Å². The number of rotatable bonds is 16. The number of hydrogen-bond donors (Lipinski definition) is 4. The van der Waals surface area contributed by atoms with Crippen LogP contribution in [0.5, 0.6) is 0 Å². The van der Waals surface area contributed by atoms with Crippen LogP contribution in [0.15, 0.2) is 0 Å². The second-order valence-electron chi connectivity index (χ2n) is 7.13. The second kappa shape index (κ2) is 16.8. The highest BCUT2D eigenvalue weighted by molar-refractivity contribution is 5.75. The van der Waals surface area contributed by atoms with E-state index in [0.717, 1.165) is 32.5 Å². The molecule has 1 heterocycles. The lowest BCUT2D eigenvalue weighted by Gasteiger charge is -2.22. The first-order valence-electron chi connectivity index (χ1n) is 10.4. The van der Waals surface area contributed by atoms with Gasteiger partial charge in [0.1, 0.15) is 26.2 Å². The van der Waals surface area contributed by atoms with Crippen LogP contribution in [0.3, 0.4) is 0 Å². The lowest BCUT2D eigenvalue weighted by molar-refractivity contribution is -0.945. The first kappa shape index (κ1) is 22.4. The van der Waals surface area contributed by atoms with E-state index in [9.17, 15) is 4.79 Å². The summed E-state index contributed by atoms with van der Waals surface area (Å²) >= 11 is 0. The average molecular weight is 360 g/mol. The van der Waals surface area contributed by atoms with Crippen molar-refractivity contribution >= 4 is 5.91 Å². The highest BCUT2D eigenvalue weighted by Crippen LogP contribution is 2.09. The number of piperazine rings is 1. The first-order valence-corrected chi connectivity index (χ1v) is 10.4. The molecular formula is C19H41N3O3+2. The highest BCUT2D eigenvalue weighted by atomic mass is 16.5. The molecule has 6 heteroatoms. The molecule has 1 amide bonds. The Bertz CT molecular complexity index is 310. The Hall–Kier alpha value is -0.690. The number of hydrogen-bond acceptors (Lipinski definition) is 3. The van der Waals surface area contributed by atoms with Crippen LogP contribution < -0.4 is 15.5 Å². The van der Waals surface area contributed by atoms with Crippen molar-refractivity contribution in [2.45, 2.75) is 57.8 Å². The molecule has 0 unspecified atom stereocenters. The standard InChI is InChI=1S/C19H39N3O3/c23-16-18-25-17-8-6-4-2-1-3-5-7-9-19(24)21-12-15-22-13-10-20-11-14-22/h20,23H,1-18H2,(H,21,24)/p+2. The fourth-order valence-corrected chi connectivity index (χ4v) is 3.32. The Morgan fingerprint density at radius 2 is 1.60 bits per heavy atom. The van der Waals surface area contributed by atoms with Gasteiger partial charge >= 0.3 is 0 Å². The molecule has 0 bridgehead atoms. The van der Waals surface area contributed by atoms with Gasteiger partial charge in [0.05, 0.1) is 26.3 Å². The van der Waals surface area contributed by atoms with Gasteiger partial charge in [-0.05, 0) is 12.8 Å². The summed E-state index contributed by atoms with van der Waals surface area (Å²) in [6.45, 7) is 8.16. The van der Waals surface area contributed by atoms with E-state index in [1.54, 1.807) is 4.90 Å². The van der Waals surface area contributed by atoms with Crippen LogP contribution in [0, 0.1) is 0 Å². The van der Waals surface area contributed by atoms with E-state index in [1.807, 2.05) is 0 Å². The largest absolute Gasteiger partial charge is 0.394 e. The molecule has 1 aliphatic heterocycles. The van der Waals surface area contributed by atoms with Crippen molar-refractivity contribution in [2.24, 2.45) is 0 Å². The monoisotopic (exact) mass is 359 g/mol. The van der Waals surface area contributed by atoms with Gasteiger partial charge in [-0.2, -0.15) is 0 Å². The number of quaternary nitrogens is 2. The number of aliphatic hydroxyl groups excluding tert-OH is 1. The van der Waals surface area contributed by atoms with Crippen LogP contribution in [-0.4, -0.2) is 70.1 Å². The topological polar surface area (TPSA) is 79.6 Å². The van der Waals surface area contributed by atoms with E-state index >= 15 is 0 Å². The summed E-state index contributed by atoms with van der Waals surface area (Å²) in [6, 6.07) is 0. The predicted molar refractivity (Wildman–Crippen MR) is 99.7 cm³/mol. The quantitative estimate of drug-likeness (QED) is 0.269. The summed E-state index contributed by atoms with van der Waals surface area (Å²) in [5.41, 5.74) is 0. The molecule has 0 aromatic rings. The fraction of sp³-hybridized carbons (Fsp3) is 0.947. The maximum Gasteiger partial charge on any atom is 0.220 e. The van der Waals surface area contributed by atoms with Gasteiger partial charge < -0.3 is 25.4 Å². The lowest BCUT2D eigenvalue weighted by atomic mass is 10.1. The van der Waals surface area contributed by atoms with Gasteiger partial charge in [0.25, 0.3) is 0 Å². The van der Waals surface area contributed by atoms with Gasteiger partial charge in [-0.3, -0.25) is 4.79 Å². The highest BCUT2D eigenvalue weighted by Gasteiger charge is 2.14. The zero-order valence-electron chi connectivity index (χ0n) is 16.1. The van der Waals surface area contributed by atoms with Crippen molar-refractivity contribution in [3.05, 3.63) is 0 Å². The van der Waals surface area contributed by atoms with E-state index in [0.29, 0.717) is 13.0 Å². The Morgan fingerprint density at radius 1 is 0.960 bits per heavy atom. The summed E-state index contributed by atoms with van der Waals surface area (Å²) < 4.78 is 5.24. The van der Waals surface area contributed by atoms with Crippen LogP contribution in [0.2, 0.25) is 0 Å². The molecular weight excluding hydrogens is 318 g/mol. The van der Waals surface area contributed by atoms with Crippen molar-refractivity contribution < 1.29 is 24.9 Å². The van der Waals surface area contributed by atoms with Gasteiger partial charge in [0, 0.05) is 13.0 Å². The Kier molecular flexibility index (Phi) is 15.0. The number of amides is 1.